The average molecular weight is 684 g/mol. The summed E-state index contributed by atoms with van der Waals surface area (Å²) in [4.78, 5) is 16.3. The molecule has 8 unspecified atom stereocenters. The van der Waals surface area contributed by atoms with Crippen LogP contribution in [-0.4, -0.2) is 126 Å². The monoisotopic (exact) mass is 683 g/mol. The van der Waals surface area contributed by atoms with Crippen LogP contribution in [0.3, 0.4) is 0 Å². The number of aliphatic hydroxyl groups excluding tert-OH is 2. The summed E-state index contributed by atoms with van der Waals surface area (Å²) >= 11 is 0. The molecule has 12 nitrogen and oxygen atoms in total. The number of hydrogen-bond donors (Lipinski definition) is 3. The van der Waals surface area contributed by atoms with Gasteiger partial charge in [0.2, 0.25) is 0 Å². The van der Waals surface area contributed by atoms with Crippen LogP contribution >= 0.6 is 0 Å². The molecule has 1 saturated carbocycles. The molecule has 48 heavy (non-hydrogen) atoms. The Kier molecular flexibility index (Phi) is 11.0. The number of hydrogen-bond acceptors (Lipinski definition) is 12. The topological polar surface area (TPSA) is 146 Å². The number of nitrogens with zero attached hydrogens (tertiary/aromatic N) is 1. The van der Waals surface area contributed by atoms with E-state index < -0.39 is 89.7 Å². The summed E-state index contributed by atoms with van der Waals surface area (Å²) in [6.07, 6.45) is -3.45. The standard InChI is InChI=1S/C36H61NO11/c1-12-25(38)36(41)16-24-28-18(2)15-35(8,48-28)31(46-26-14-23(37(9)10)13-19(3)43-26)20(4)29(21(5)33(40)47-32(24)36)45-27-17-34(7,42-11)30(39)22(6)44-27/h19-27,29-32,38-39,41H,12-17H2,1-11H3/t19?,20-,21+,22?,23?,24-,25+,26?,27?,29+,30?,31+,32+,34?,35?,36+/m0/s1. The Hall–Kier alpha value is -1.35. The smallest absolute Gasteiger partial charge is 0.311 e. The molecule has 0 aromatic carbocycles. The van der Waals surface area contributed by atoms with Gasteiger partial charge in [-0.15, -0.1) is 0 Å². The van der Waals surface area contributed by atoms with Crippen molar-refractivity contribution in [1.29, 1.82) is 0 Å². The predicted octanol–water partition coefficient (Wildman–Crippen LogP) is 3.29. The fourth-order valence-corrected chi connectivity index (χ4v) is 8.97. The normalized spacial score (nSPS) is 49.0. The number of rotatable bonds is 8. The minimum atomic E-state index is -1.61. The van der Waals surface area contributed by atoms with Crippen molar-refractivity contribution in [2.45, 2.75) is 172 Å². The van der Waals surface area contributed by atoms with Crippen molar-refractivity contribution in [3.05, 3.63) is 11.3 Å². The average Bonchev–Trinajstić information content (AvgIpc) is 3.34. The molecule has 276 valence electrons. The van der Waals surface area contributed by atoms with Crippen LogP contribution in [0.25, 0.3) is 0 Å². The second-order valence-electron chi connectivity index (χ2n) is 16.0. The zero-order valence-corrected chi connectivity index (χ0v) is 30.8. The van der Waals surface area contributed by atoms with Crippen molar-refractivity contribution in [1.82, 2.24) is 4.90 Å². The molecule has 0 aromatic rings. The lowest BCUT2D eigenvalue weighted by Gasteiger charge is -2.53. The molecule has 3 saturated heterocycles. The van der Waals surface area contributed by atoms with E-state index in [-0.39, 0.29) is 25.0 Å². The van der Waals surface area contributed by atoms with Crippen LogP contribution in [0.1, 0.15) is 93.9 Å². The van der Waals surface area contributed by atoms with Crippen LogP contribution in [0.5, 0.6) is 0 Å². The lowest BCUT2D eigenvalue weighted by atomic mass is 9.63. The van der Waals surface area contributed by atoms with Gasteiger partial charge < -0.3 is 53.4 Å². The maximum atomic E-state index is 14.1. The second kappa shape index (κ2) is 14.0. The van der Waals surface area contributed by atoms with E-state index in [9.17, 15) is 20.1 Å². The highest BCUT2D eigenvalue weighted by atomic mass is 16.7. The fraction of sp³-hybridized carbons (Fsp3) is 0.917. The highest BCUT2D eigenvalue weighted by Gasteiger charge is 2.64. The molecular formula is C36H61NO11. The highest BCUT2D eigenvalue weighted by molar-refractivity contribution is 5.73. The Morgan fingerprint density at radius 1 is 1.04 bits per heavy atom. The molecular weight excluding hydrogens is 622 g/mol. The molecule has 0 amide bonds. The van der Waals surface area contributed by atoms with E-state index in [1.54, 1.807) is 27.9 Å². The zero-order chi connectivity index (χ0) is 35.5. The second-order valence-corrected chi connectivity index (χ2v) is 16.0. The molecule has 5 aliphatic rings. The summed E-state index contributed by atoms with van der Waals surface area (Å²) in [5.41, 5.74) is -2.43. The van der Waals surface area contributed by atoms with Crippen LogP contribution in [-0.2, 0) is 38.0 Å². The first-order valence-electron chi connectivity index (χ1n) is 17.9. The molecule has 3 N–H and O–H groups in total. The van der Waals surface area contributed by atoms with Crippen LogP contribution < -0.4 is 0 Å². The van der Waals surface area contributed by atoms with E-state index in [0.29, 0.717) is 25.0 Å². The SMILES string of the molecule is CC[C@@H](O)[C@]1(O)C[C@H]2C3=C(C)CC(C)(O3)[C@H](OC3CC(N(C)C)CC(C)O3)[C@@H](C)[C@@H](OC3CC(C)(OC)C(O)C(C)O3)[C@@H](C)C(=O)O[C@H]21. The van der Waals surface area contributed by atoms with Gasteiger partial charge in [0.25, 0.3) is 0 Å². The number of fused-ring (bicyclic) bond motifs is 4. The first-order valence-corrected chi connectivity index (χ1v) is 17.9. The molecule has 12 heteroatoms. The van der Waals surface area contributed by atoms with Gasteiger partial charge >= 0.3 is 5.97 Å². The van der Waals surface area contributed by atoms with Crippen molar-refractivity contribution in [2.24, 2.45) is 17.8 Å². The molecule has 0 radical (unpaired) electrons. The van der Waals surface area contributed by atoms with Crippen molar-refractivity contribution >= 4 is 5.97 Å². The van der Waals surface area contributed by atoms with Crippen molar-refractivity contribution < 1.29 is 53.3 Å². The van der Waals surface area contributed by atoms with Crippen molar-refractivity contribution in [3.8, 4) is 0 Å². The third-order valence-corrected chi connectivity index (χ3v) is 12.1. The Labute approximate surface area is 286 Å². The third-order valence-electron chi connectivity index (χ3n) is 12.1. The number of ether oxygens (including phenoxy) is 7. The summed E-state index contributed by atoms with van der Waals surface area (Å²) in [6, 6.07) is 0.263. The molecule has 4 aliphatic heterocycles. The van der Waals surface area contributed by atoms with E-state index in [2.05, 4.69) is 25.9 Å². The van der Waals surface area contributed by atoms with E-state index in [4.69, 9.17) is 33.2 Å². The van der Waals surface area contributed by atoms with Crippen molar-refractivity contribution in [3.63, 3.8) is 0 Å². The predicted molar refractivity (Wildman–Crippen MR) is 176 cm³/mol. The first kappa shape index (κ1) is 37.9. The van der Waals surface area contributed by atoms with Gasteiger partial charge in [-0.1, -0.05) is 13.8 Å². The van der Waals surface area contributed by atoms with Crippen LogP contribution in [0.4, 0.5) is 0 Å². The lowest BCUT2D eigenvalue weighted by Crippen LogP contribution is -2.67. The van der Waals surface area contributed by atoms with Gasteiger partial charge in [-0.3, -0.25) is 4.79 Å². The molecule has 5 rings (SSSR count). The Bertz CT molecular complexity index is 1200. The Balaban J connectivity index is 1.54. The summed E-state index contributed by atoms with van der Waals surface area (Å²) < 4.78 is 45.1. The van der Waals surface area contributed by atoms with E-state index in [0.717, 1.165) is 12.0 Å². The van der Waals surface area contributed by atoms with Gasteiger partial charge in [0.05, 0.1) is 41.9 Å². The van der Waals surface area contributed by atoms with Crippen LogP contribution in [0.2, 0.25) is 0 Å². The summed E-state index contributed by atoms with van der Waals surface area (Å²) in [5.74, 6) is -1.57. The molecule has 16 atom stereocenters. The van der Waals surface area contributed by atoms with Gasteiger partial charge in [0, 0.05) is 38.3 Å². The molecule has 0 aromatic heterocycles. The molecule has 4 heterocycles. The molecule has 0 spiro atoms. The van der Waals surface area contributed by atoms with E-state index in [1.807, 2.05) is 27.7 Å². The Morgan fingerprint density at radius 3 is 2.35 bits per heavy atom. The summed E-state index contributed by atoms with van der Waals surface area (Å²) in [5, 5.41) is 33.4. The number of aliphatic hydroxyl groups is 3. The summed E-state index contributed by atoms with van der Waals surface area (Å²) in [7, 11) is 5.68. The largest absolute Gasteiger partial charge is 0.488 e. The minimum absolute atomic E-state index is 0.0171. The molecule has 2 bridgehead atoms. The van der Waals surface area contributed by atoms with Crippen LogP contribution in [0.15, 0.2) is 11.3 Å². The van der Waals surface area contributed by atoms with Gasteiger partial charge in [-0.2, -0.15) is 0 Å². The van der Waals surface area contributed by atoms with Crippen LogP contribution in [0, 0.1) is 17.8 Å². The highest BCUT2D eigenvalue weighted by Crippen LogP contribution is 2.54. The minimum Gasteiger partial charge on any atom is -0.488 e. The van der Waals surface area contributed by atoms with E-state index in [1.165, 1.54) is 0 Å². The lowest BCUT2D eigenvalue weighted by molar-refractivity contribution is -0.307. The molecule has 4 fully saturated rings. The number of esters is 1. The fourth-order valence-electron chi connectivity index (χ4n) is 8.97. The summed E-state index contributed by atoms with van der Waals surface area (Å²) in [6.45, 7) is 15.2. The van der Waals surface area contributed by atoms with Gasteiger partial charge in [0.15, 0.2) is 12.6 Å². The van der Waals surface area contributed by atoms with Gasteiger partial charge in [-0.05, 0) is 80.5 Å². The number of methoxy groups -OCH3 is 1. The first-order chi connectivity index (χ1) is 22.4. The third kappa shape index (κ3) is 6.82. The molecule has 1 aliphatic carbocycles. The quantitative estimate of drug-likeness (QED) is 0.323. The zero-order valence-electron chi connectivity index (χ0n) is 30.8. The Morgan fingerprint density at radius 2 is 1.73 bits per heavy atom. The number of carbonyl (C=O) groups is 1. The number of carbonyl (C=O) groups excluding carboxylic acids is 1. The van der Waals surface area contributed by atoms with Gasteiger partial charge in [-0.25, -0.2) is 0 Å². The van der Waals surface area contributed by atoms with E-state index >= 15 is 0 Å². The van der Waals surface area contributed by atoms with Crippen molar-refractivity contribution in [2.75, 3.05) is 21.2 Å². The maximum Gasteiger partial charge on any atom is 0.311 e. The van der Waals surface area contributed by atoms with Gasteiger partial charge in [0.1, 0.15) is 35.3 Å². The maximum absolute atomic E-state index is 14.1.